The van der Waals surface area contributed by atoms with E-state index in [9.17, 15) is 4.79 Å². The second-order valence-electron chi connectivity index (χ2n) is 6.87. The summed E-state index contributed by atoms with van der Waals surface area (Å²) < 4.78 is 21.6. The van der Waals surface area contributed by atoms with Gasteiger partial charge in [0, 0.05) is 31.0 Å². The van der Waals surface area contributed by atoms with E-state index in [2.05, 4.69) is 11.9 Å². The zero-order valence-electron chi connectivity index (χ0n) is 15.9. The highest BCUT2D eigenvalue weighted by Crippen LogP contribution is 2.38. The summed E-state index contributed by atoms with van der Waals surface area (Å²) in [6.45, 7) is 0. The molecule has 2 bridgehead atoms. The minimum Gasteiger partial charge on any atom is -0.493 e. The summed E-state index contributed by atoms with van der Waals surface area (Å²) in [5, 5.41) is 0. The highest BCUT2D eigenvalue weighted by Gasteiger charge is 2.39. The zero-order valence-corrected chi connectivity index (χ0v) is 15.9. The van der Waals surface area contributed by atoms with E-state index >= 15 is 0 Å². The first-order chi connectivity index (χ1) is 12.5. The summed E-state index contributed by atoms with van der Waals surface area (Å²) in [5.74, 6) is 1.31. The number of esters is 1. The van der Waals surface area contributed by atoms with Gasteiger partial charge in [0.25, 0.3) is 0 Å². The topological polar surface area (TPSA) is 57.2 Å². The summed E-state index contributed by atoms with van der Waals surface area (Å²) in [4.78, 5) is 14.6. The molecule has 1 aromatic rings. The maximum absolute atomic E-state index is 12.2. The first-order valence-corrected chi connectivity index (χ1v) is 8.96. The molecule has 3 rings (SSSR count). The Labute approximate surface area is 154 Å². The van der Waals surface area contributed by atoms with Crippen LogP contribution in [0.3, 0.4) is 0 Å². The molecule has 2 aliphatic heterocycles. The molecule has 2 saturated heterocycles. The molecule has 0 aliphatic carbocycles. The molecule has 2 fully saturated rings. The largest absolute Gasteiger partial charge is 0.493 e. The summed E-state index contributed by atoms with van der Waals surface area (Å²) >= 11 is 0. The van der Waals surface area contributed by atoms with Gasteiger partial charge in [0.15, 0.2) is 11.5 Å². The average Bonchev–Trinajstić information content (AvgIpc) is 2.85. The number of carbonyl (C=O) groups is 1. The van der Waals surface area contributed by atoms with Gasteiger partial charge < -0.3 is 23.8 Å². The molecule has 0 saturated carbocycles. The molecule has 142 valence electrons. The van der Waals surface area contributed by atoms with Crippen LogP contribution in [-0.2, 0) is 9.53 Å². The van der Waals surface area contributed by atoms with Gasteiger partial charge >= 0.3 is 5.97 Å². The third kappa shape index (κ3) is 3.80. The zero-order chi connectivity index (χ0) is 18.7. The lowest BCUT2D eigenvalue weighted by atomic mass is 10.0. The number of benzene rings is 1. The van der Waals surface area contributed by atoms with E-state index in [1.54, 1.807) is 39.5 Å². The van der Waals surface area contributed by atoms with Crippen molar-refractivity contribution < 1.29 is 23.7 Å². The number of nitrogens with zero attached hydrogens (tertiary/aromatic N) is 1. The Morgan fingerprint density at radius 3 is 2.12 bits per heavy atom. The van der Waals surface area contributed by atoms with E-state index in [1.807, 2.05) is 0 Å². The fourth-order valence-electron chi connectivity index (χ4n) is 4.02. The van der Waals surface area contributed by atoms with E-state index in [0.29, 0.717) is 29.3 Å². The van der Waals surface area contributed by atoms with Crippen molar-refractivity contribution in [3.8, 4) is 17.2 Å². The van der Waals surface area contributed by atoms with Gasteiger partial charge in [-0.2, -0.15) is 0 Å². The number of carbonyl (C=O) groups excluding carboxylic acids is 1. The normalized spacial score (nSPS) is 25.3. The first kappa shape index (κ1) is 18.6. The third-order valence-corrected chi connectivity index (χ3v) is 5.44. The number of hydrogen-bond acceptors (Lipinski definition) is 6. The van der Waals surface area contributed by atoms with Crippen molar-refractivity contribution in [3.63, 3.8) is 0 Å². The van der Waals surface area contributed by atoms with E-state index in [4.69, 9.17) is 18.9 Å². The SMILES string of the molecule is COc1cc(/C=C/C(=O)OC2C[C@H]3CC[C@@H](C2)N3C)cc(OC)c1OC. The van der Waals surface area contributed by atoms with Gasteiger partial charge in [0.1, 0.15) is 6.10 Å². The van der Waals surface area contributed by atoms with Crippen LogP contribution in [0.1, 0.15) is 31.2 Å². The number of rotatable bonds is 6. The van der Waals surface area contributed by atoms with Crippen molar-refractivity contribution in [3.05, 3.63) is 23.8 Å². The van der Waals surface area contributed by atoms with E-state index in [0.717, 1.165) is 18.4 Å². The molecule has 0 N–H and O–H groups in total. The lowest BCUT2D eigenvalue weighted by molar-refractivity contribution is -0.146. The van der Waals surface area contributed by atoms with Gasteiger partial charge in [-0.15, -0.1) is 0 Å². The molecule has 6 nitrogen and oxygen atoms in total. The molecule has 0 aromatic heterocycles. The summed E-state index contributed by atoms with van der Waals surface area (Å²) in [6.07, 6.45) is 7.44. The number of ether oxygens (including phenoxy) is 4. The van der Waals surface area contributed by atoms with Crippen LogP contribution >= 0.6 is 0 Å². The molecule has 1 aromatic carbocycles. The number of piperidine rings is 1. The maximum atomic E-state index is 12.2. The van der Waals surface area contributed by atoms with Gasteiger partial charge in [0.2, 0.25) is 5.75 Å². The Morgan fingerprint density at radius 1 is 1.04 bits per heavy atom. The van der Waals surface area contributed by atoms with Crippen LogP contribution in [0.5, 0.6) is 17.2 Å². The summed E-state index contributed by atoms with van der Waals surface area (Å²) in [5.41, 5.74) is 0.778. The van der Waals surface area contributed by atoms with Gasteiger partial charge in [-0.25, -0.2) is 4.79 Å². The Bertz CT molecular complexity index is 648. The average molecular weight is 361 g/mol. The predicted octanol–water partition coefficient (Wildman–Crippen LogP) is 2.89. The van der Waals surface area contributed by atoms with Crippen LogP contribution in [0.2, 0.25) is 0 Å². The minimum atomic E-state index is -0.312. The van der Waals surface area contributed by atoms with E-state index < -0.39 is 0 Å². The molecule has 0 radical (unpaired) electrons. The van der Waals surface area contributed by atoms with Crippen LogP contribution in [0.15, 0.2) is 18.2 Å². The monoisotopic (exact) mass is 361 g/mol. The summed E-state index contributed by atoms with van der Waals surface area (Å²) in [6, 6.07) is 4.68. The molecule has 26 heavy (non-hydrogen) atoms. The standard InChI is InChI=1S/C20H27NO5/c1-21-14-6-7-15(21)12-16(11-14)26-19(22)8-5-13-9-17(23-2)20(25-4)18(10-13)24-3/h5,8-10,14-16H,6-7,11-12H2,1-4H3/b8-5+/t14-,15+,16?. The second kappa shape index (κ2) is 7.99. The van der Waals surface area contributed by atoms with Crippen molar-refractivity contribution in [1.82, 2.24) is 4.90 Å². The molecule has 6 heteroatoms. The second-order valence-corrected chi connectivity index (χ2v) is 6.87. The fourth-order valence-corrected chi connectivity index (χ4v) is 4.02. The lowest BCUT2D eigenvalue weighted by Crippen LogP contribution is -2.43. The number of methoxy groups -OCH3 is 3. The van der Waals surface area contributed by atoms with Crippen molar-refractivity contribution in [2.24, 2.45) is 0 Å². The predicted molar refractivity (Wildman–Crippen MR) is 98.8 cm³/mol. The van der Waals surface area contributed by atoms with Gasteiger partial charge in [-0.1, -0.05) is 0 Å². The molecule has 1 unspecified atom stereocenters. The molecule has 2 aliphatic rings. The fraction of sp³-hybridized carbons (Fsp3) is 0.550. The Morgan fingerprint density at radius 2 is 1.62 bits per heavy atom. The molecule has 3 atom stereocenters. The molecule has 0 amide bonds. The maximum Gasteiger partial charge on any atom is 0.331 e. The van der Waals surface area contributed by atoms with Gasteiger partial charge in [-0.05, 0) is 43.7 Å². The smallest absolute Gasteiger partial charge is 0.331 e. The Balaban J connectivity index is 1.65. The molecular formula is C20H27NO5. The summed E-state index contributed by atoms with van der Waals surface area (Å²) in [7, 11) is 6.85. The van der Waals surface area contributed by atoms with Crippen LogP contribution < -0.4 is 14.2 Å². The van der Waals surface area contributed by atoms with E-state index in [1.165, 1.54) is 18.9 Å². The number of hydrogen-bond donors (Lipinski definition) is 0. The quantitative estimate of drug-likeness (QED) is 0.574. The highest BCUT2D eigenvalue weighted by atomic mass is 16.5. The van der Waals surface area contributed by atoms with Crippen LogP contribution in [0.25, 0.3) is 6.08 Å². The van der Waals surface area contributed by atoms with Crippen molar-refractivity contribution in [1.29, 1.82) is 0 Å². The van der Waals surface area contributed by atoms with Gasteiger partial charge in [0.05, 0.1) is 21.3 Å². The first-order valence-electron chi connectivity index (χ1n) is 8.96. The van der Waals surface area contributed by atoms with Gasteiger partial charge in [-0.3, -0.25) is 0 Å². The third-order valence-electron chi connectivity index (χ3n) is 5.44. The molecule has 0 spiro atoms. The van der Waals surface area contributed by atoms with Crippen molar-refractivity contribution in [2.45, 2.75) is 43.9 Å². The van der Waals surface area contributed by atoms with Crippen molar-refractivity contribution in [2.75, 3.05) is 28.4 Å². The van der Waals surface area contributed by atoms with E-state index in [-0.39, 0.29) is 12.1 Å². The minimum absolute atomic E-state index is 0.0146. The Hall–Kier alpha value is -2.21. The van der Waals surface area contributed by atoms with Crippen LogP contribution in [0, 0.1) is 0 Å². The van der Waals surface area contributed by atoms with Crippen LogP contribution in [-0.4, -0.2) is 57.4 Å². The highest BCUT2D eigenvalue weighted by molar-refractivity contribution is 5.87. The Kier molecular flexibility index (Phi) is 5.71. The molecular weight excluding hydrogens is 334 g/mol. The van der Waals surface area contributed by atoms with Crippen molar-refractivity contribution >= 4 is 12.0 Å². The molecule has 2 heterocycles. The number of fused-ring (bicyclic) bond motifs is 2. The lowest BCUT2D eigenvalue weighted by Gasteiger charge is -2.35. The van der Waals surface area contributed by atoms with Crippen LogP contribution in [0.4, 0.5) is 0 Å².